The van der Waals surface area contributed by atoms with Gasteiger partial charge in [-0.3, -0.25) is 24.2 Å². The Morgan fingerprint density at radius 1 is 0.818 bits per heavy atom. The van der Waals surface area contributed by atoms with E-state index in [4.69, 9.17) is 0 Å². The van der Waals surface area contributed by atoms with Crippen molar-refractivity contribution in [2.75, 3.05) is 58.9 Å². The van der Waals surface area contributed by atoms with Gasteiger partial charge >= 0.3 is 17.9 Å². The van der Waals surface area contributed by atoms with Crippen LogP contribution in [0.25, 0.3) is 0 Å². The lowest BCUT2D eigenvalue weighted by Gasteiger charge is -2.31. The van der Waals surface area contributed by atoms with Crippen molar-refractivity contribution in [2.45, 2.75) is 13.5 Å². The summed E-state index contributed by atoms with van der Waals surface area (Å²) < 4.78 is 0.831. The van der Waals surface area contributed by atoms with Gasteiger partial charge in [0.15, 0.2) is 5.69 Å². The first-order valence-electron chi connectivity index (χ1n) is 10.6. The monoisotopic (exact) mass is 465 g/mol. The lowest BCUT2D eigenvalue weighted by Crippen LogP contribution is -2.45. The fourth-order valence-corrected chi connectivity index (χ4v) is 3.51. The summed E-state index contributed by atoms with van der Waals surface area (Å²) >= 11 is 0. The van der Waals surface area contributed by atoms with E-state index >= 15 is 0 Å². The molecule has 3 N–H and O–H groups in total. The average Bonchev–Trinajstić information content (AvgIpc) is 2.72. The Kier molecular flexibility index (Phi) is 9.88. The normalized spacial score (nSPS) is 17.7. The van der Waals surface area contributed by atoms with Crippen LogP contribution in [0.15, 0.2) is 30.6 Å². The van der Waals surface area contributed by atoms with Crippen LogP contribution in [-0.4, -0.2) is 112 Å². The Morgan fingerprint density at radius 2 is 1.30 bits per heavy atom. The van der Waals surface area contributed by atoms with Crippen LogP contribution in [0.4, 0.5) is 0 Å². The highest BCUT2D eigenvalue weighted by atomic mass is 16.5. The summed E-state index contributed by atoms with van der Waals surface area (Å²) in [6.07, 6.45) is 3.30. The maximum absolute atomic E-state index is 12.4. The second kappa shape index (κ2) is 12.6. The van der Waals surface area contributed by atoms with Crippen LogP contribution in [0.1, 0.15) is 11.4 Å². The van der Waals surface area contributed by atoms with E-state index in [2.05, 4.69) is 0 Å². The maximum atomic E-state index is 12.4. The number of rotatable bonds is 8. The van der Waals surface area contributed by atoms with Gasteiger partial charge in [-0.15, -0.1) is 0 Å². The zero-order valence-electron chi connectivity index (χ0n) is 18.7. The third-order valence-corrected chi connectivity index (χ3v) is 5.26. The molecule has 2 rings (SSSR count). The largest absolute Gasteiger partial charge is 0.618 e. The van der Waals surface area contributed by atoms with Crippen LogP contribution < -0.4 is 4.73 Å². The molecule has 33 heavy (non-hydrogen) atoms. The van der Waals surface area contributed by atoms with Crippen LogP contribution in [0.5, 0.6) is 0 Å². The fourth-order valence-electron chi connectivity index (χ4n) is 3.51. The quantitative estimate of drug-likeness (QED) is 0.323. The summed E-state index contributed by atoms with van der Waals surface area (Å²) in [5.74, 6) is -3.02. The molecule has 0 amide bonds. The minimum absolute atomic E-state index is 0.199. The van der Waals surface area contributed by atoms with Crippen molar-refractivity contribution in [1.29, 1.82) is 0 Å². The number of carbonyl (C=O) groups is 3. The number of aryl methyl sites for hydroxylation is 1. The molecule has 0 spiro atoms. The van der Waals surface area contributed by atoms with Crippen molar-refractivity contribution < 1.29 is 34.4 Å². The van der Waals surface area contributed by atoms with Crippen molar-refractivity contribution >= 4 is 17.9 Å². The first-order chi connectivity index (χ1) is 15.6. The average molecular weight is 466 g/mol. The summed E-state index contributed by atoms with van der Waals surface area (Å²) in [7, 11) is 0. The van der Waals surface area contributed by atoms with E-state index in [1.54, 1.807) is 52.2 Å². The SMILES string of the molecule is Cc1cccc(CN2/C=C\N(CC(=O)O)CCN(CC(=O)O)CCN(CC(=O)O)CC2)[n+]1[O-]. The molecule has 0 bridgehead atoms. The Labute approximate surface area is 192 Å². The van der Waals surface area contributed by atoms with Gasteiger partial charge < -0.3 is 30.3 Å². The minimum Gasteiger partial charge on any atom is -0.618 e. The van der Waals surface area contributed by atoms with Gasteiger partial charge in [0.2, 0.25) is 5.69 Å². The van der Waals surface area contributed by atoms with Crippen molar-refractivity contribution in [3.8, 4) is 0 Å². The summed E-state index contributed by atoms with van der Waals surface area (Å²) in [4.78, 5) is 40.6. The first kappa shape index (κ1) is 25.9. The number of aromatic nitrogens is 1. The second-order valence-electron chi connectivity index (χ2n) is 7.93. The molecule has 0 radical (unpaired) electrons. The van der Waals surface area contributed by atoms with Crippen LogP contribution in [0.3, 0.4) is 0 Å². The predicted octanol–water partition coefficient (Wildman–Crippen LogP) is -0.925. The van der Waals surface area contributed by atoms with Gasteiger partial charge in [-0.1, -0.05) is 0 Å². The highest BCUT2D eigenvalue weighted by Crippen LogP contribution is 2.06. The number of nitrogens with zero attached hydrogens (tertiary/aromatic N) is 5. The Bertz CT molecular complexity index is 863. The summed E-state index contributed by atoms with van der Waals surface area (Å²) in [5, 5.41) is 40.1. The van der Waals surface area contributed by atoms with Crippen molar-refractivity contribution in [1.82, 2.24) is 19.6 Å². The molecular weight excluding hydrogens is 434 g/mol. The van der Waals surface area contributed by atoms with Crippen molar-refractivity contribution in [3.05, 3.63) is 47.2 Å². The molecule has 2 heterocycles. The number of carboxylic acid groups (broad SMARTS) is 3. The topological polar surface area (TPSA) is 152 Å². The van der Waals surface area contributed by atoms with Gasteiger partial charge in [0.1, 0.15) is 13.1 Å². The number of pyridine rings is 1. The van der Waals surface area contributed by atoms with Crippen LogP contribution >= 0.6 is 0 Å². The third-order valence-electron chi connectivity index (χ3n) is 5.26. The van der Waals surface area contributed by atoms with E-state index in [0.717, 1.165) is 4.73 Å². The molecule has 182 valence electrons. The first-order valence-corrected chi connectivity index (χ1v) is 10.6. The molecule has 0 fully saturated rings. The van der Waals surface area contributed by atoms with Gasteiger partial charge in [-0.05, 0) is 6.07 Å². The van der Waals surface area contributed by atoms with E-state index in [1.807, 2.05) is 4.90 Å². The van der Waals surface area contributed by atoms with Crippen LogP contribution in [-0.2, 0) is 20.9 Å². The van der Waals surface area contributed by atoms with Gasteiger partial charge in [0, 0.05) is 70.7 Å². The van der Waals surface area contributed by atoms with Gasteiger partial charge in [0.25, 0.3) is 0 Å². The number of aliphatic carboxylic acids is 3. The van der Waals surface area contributed by atoms with Crippen molar-refractivity contribution in [2.24, 2.45) is 0 Å². The number of carboxylic acids is 3. The molecule has 12 heteroatoms. The minimum atomic E-state index is -1.02. The fraction of sp³-hybridized carbons (Fsp3) is 0.524. The lowest BCUT2D eigenvalue weighted by molar-refractivity contribution is -0.621. The van der Waals surface area contributed by atoms with E-state index in [-0.39, 0.29) is 32.7 Å². The molecule has 1 aromatic rings. The number of hydrogen-bond donors (Lipinski definition) is 3. The van der Waals surface area contributed by atoms with Gasteiger partial charge in [-0.2, -0.15) is 4.73 Å². The molecular formula is C21H31N5O7. The van der Waals surface area contributed by atoms with Crippen LogP contribution in [0.2, 0.25) is 0 Å². The standard InChI is InChI=1S/C21H31N5O7/c1-17-3-2-4-18(26(17)33)13-22-5-7-23(14-19(27)28)9-11-25(16-21(31)32)12-10-24(8-6-22)15-20(29)30/h2-5,7H,6,8-16H2,1H3,(H,27,28)(H,29,30)(H,31,32)/b7-5-. The van der Waals surface area contributed by atoms with Crippen LogP contribution in [0, 0.1) is 12.1 Å². The highest BCUT2D eigenvalue weighted by Gasteiger charge is 2.19. The molecule has 0 saturated carbocycles. The third kappa shape index (κ3) is 9.33. The zero-order chi connectivity index (χ0) is 24.4. The Balaban J connectivity index is 2.28. The Hall–Kier alpha value is -3.38. The molecule has 1 aliphatic heterocycles. The molecule has 1 aromatic heterocycles. The summed E-state index contributed by atoms with van der Waals surface area (Å²) in [6, 6.07) is 5.19. The van der Waals surface area contributed by atoms with Gasteiger partial charge in [-0.25, -0.2) is 0 Å². The van der Waals surface area contributed by atoms with E-state index in [0.29, 0.717) is 44.1 Å². The van der Waals surface area contributed by atoms with E-state index < -0.39 is 17.9 Å². The number of hydrogen-bond acceptors (Lipinski definition) is 8. The maximum Gasteiger partial charge on any atom is 0.323 e. The molecule has 1 aliphatic rings. The van der Waals surface area contributed by atoms with E-state index in [9.17, 15) is 34.9 Å². The molecule has 0 aromatic carbocycles. The summed E-state index contributed by atoms with van der Waals surface area (Å²) in [5.41, 5.74) is 1.05. The second-order valence-corrected chi connectivity index (χ2v) is 7.93. The summed E-state index contributed by atoms with van der Waals surface area (Å²) in [6.45, 7) is 3.25. The molecule has 0 atom stereocenters. The molecule has 0 unspecified atom stereocenters. The van der Waals surface area contributed by atoms with Crippen molar-refractivity contribution in [3.63, 3.8) is 0 Å². The molecule has 0 saturated heterocycles. The van der Waals surface area contributed by atoms with Gasteiger partial charge in [0.05, 0.1) is 13.1 Å². The highest BCUT2D eigenvalue weighted by molar-refractivity contribution is 5.70. The van der Waals surface area contributed by atoms with E-state index in [1.165, 1.54) is 0 Å². The predicted molar refractivity (Wildman–Crippen MR) is 117 cm³/mol. The Morgan fingerprint density at radius 3 is 1.85 bits per heavy atom. The zero-order valence-corrected chi connectivity index (χ0v) is 18.7. The molecule has 0 aliphatic carbocycles. The molecule has 12 nitrogen and oxygen atoms in total. The lowest BCUT2D eigenvalue weighted by atomic mass is 10.3. The smallest absolute Gasteiger partial charge is 0.323 e.